The van der Waals surface area contributed by atoms with E-state index in [4.69, 9.17) is 14.2 Å². The van der Waals surface area contributed by atoms with Crippen LogP contribution in [0.15, 0.2) is 48.5 Å². The summed E-state index contributed by atoms with van der Waals surface area (Å²) in [6.07, 6.45) is -0.727. The molecule has 0 spiro atoms. The molecule has 1 N–H and O–H groups in total. The number of rotatable bonds is 3. The van der Waals surface area contributed by atoms with Gasteiger partial charge in [-0.1, -0.05) is 12.1 Å². The van der Waals surface area contributed by atoms with E-state index >= 15 is 0 Å². The highest BCUT2D eigenvalue weighted by atomic mass is 16.6. The molecular weight excluding hydrogens is 348 g/mol. The summed E-state index contributed by atoms with van der Waals surface area (Å²) in [6.45, 7) is 2.46. The zero-order chi connectivity index (χ0) is 18.6. The molecule has 7 heteroatoms. The maximum Gasteiger partial charge on any atom is 0.269 e. The van der Waals surface area contributed by atoms with Crippen LogP contribution in [0.4, 0.5) is 5.69 Å². The van der Waals surface area contributed by atoms with Crippen molar-refractivity contribution in [3.8, 4) is 11.5 Å². The third kappa shape index (κ3) is 3.88. The Labute approximate surface area is 156 Å². The summed E-state index contributed by atoms with van der Waals surface area (Å²) in [5.41, 5.74) is 1.18. The van der Waals surface area contributed by atoms with Gasteiger partial charge in [0.25, 0.3) is 11.8 Å². The topological polar surface area (TPSA) is 77.1 Å². The van der Waals surface area contributed by atoms with E-state index in [0.717, 1.165) is 0 Å². The predicted molar refractivity (Wildman–Crippen MR) is 98.1 cm³/mol. The zero-order valence-corrected chi connectivity index (χ0v) is 14.7. The monoisotopic (exact) mass is 368 g/mol. The molecule has 7 nitrogen and oxygen atoms in total. The second-order valence-electron chi connectivity index (χ2n) is 6.34. The van der Waals surface area contributed by atoms with Gasteiger partial charge >= 0.3 is 0 Å². The zero-order valence-electron chi connectivity index (χ0n) is 14.7. The first-order chi connectivity index (χ1) is 13.2. The first-order valence-corrected chi connectivity index (χ1v) is 8.87. The molecule has 27 heavy (non-hydrogen) atoms. The van der Waals surface area contributed by atoms with E-state index in [9.17, 15) is 9.59 Å². The number of hydrogen-bond acceptors (Lipinski definition) is 5. The first kappa shape index (κ1) is 17.4. The molecule has 140 valence electrons. The third-order valence-electron chi connectivity index (χ3n) is 4.50. The fourth-order valence-electron chi connectivity index (χ4n) is 3.02. The number of benzene rings is 2. The Morgan fingerprint density at radius 2 is 1.67 bits per heavy atom. The van der Waals surface area contributed by atoms with E-state index in [1.54, 1.807) is 41.3 Å². The molecule has 2 heterocycles. The van der Waals surface area contributed by atoms with Crippen LogP contribution >= 0.6 is 0 Å². The average molecular weight is 368 g/mol. The van der Waals surface area contributed by atoms with E-state index in [2.05, 4.69) is 5.32 Å². The van der Waals surface area contributed by atoms with E-state index in [1.165, 1.54) is 0 Å². The van der Waals surface area contributed by atoms with Gasteiger partial charge in [0.2, 0.25) is 6.10 Å². The van der Waals surface area contributed by atoms with Gasteiger partial charge < -0.3 is 24.4 Å². The predicted octanol–water partition coefficient (Wildman–Crippen LogP) is 1.94. The van der Waals surface area contributed by atoms with Gasteiger partial charge in [-0.05, 0) is 36.4 Å². The summed E-state index contributed by atoms with van der Waals surface area (Å²) in [5.74, 6) is 0.858. The van der Waals surface area contributed by atoms with Crippen molar-refractivity contribution >= 4 is 17.5 Å². The van der Waals surface area contributed by atoms with Crippen LogP contribution in [-0.2, 0) is 9.53 Å². The third-order valence-corrected chi connectivity index (χ3v) is 4.50. The van der Waals surface area contributed by atoms with Gasteiger partial charge in [0.05, 0.1) is 13.2 Å². The minimum absolute atomic E-state index is 0.0307. The lowest BCUT2D eigenvalue weighted by molar-refractivity contribution is -0.125. The molecule has 4 rings (SSSR count). The summed E-state index contributed by atoms with van der Waals surface area (Å²) in [6, 6.07) is 14.1. The molecule has 1 unspecified atom stereocenters. The van der Waals surface area contributed by atoms with E-state index < -0.39 is 6.10 Å². The standard InChI is InChI=1S/C20H20N2O5/c23-19(18-13-26-16-3-1-2-4-17(16)27-18)21-15-7-5-14(6-8-15)20(24)22-9-11-25-12-10-22/h1-8,18H,9-13H2,(H,21,23). The molecule has 2 aromatic rings. The van der Waals surface area contributed by atoms with Gasteiger partial charge in [-0.25, -0.2) is 0 Å². The lowest BCUT2D eigenvalue weighted by atomic mass is 10.1. The Balaban J connectivity index is 1.37. The Hall–Kier alpha value is -3.06. The maximum absolute atomic E-state index is 12.4. The Kier molecular flexibility index (Phi) is 4.93. The number of nitrogens with one attached hydrogen (secondary N) is 1. The Bertz CT molecular complexity index is 831. The molecular formula is C20H20N2O5. The van der Waals surface area contributed by atoms with Gasteiger partial charge in [0, 0.05) is 24.3 Å². The van der Waals surface area contributed by atoms with Crippen LogP contribution < -0.4 is 14.8 Å². The Morgan fingerprint density at radius 1 is 0.963 bits per heavy atom. The van der Waals surface area contributed by atoms with Crippen LogP contribution in [0.5, 0.6) is 11.5 Å². The summed E-state index contributed by atoms with van der Waals surface area (Å²) >= 11 is 0. The number of carbonyl (C=O) groups excluding carboxylic acids is 2. The van der Waals surface area contributed by atoms with Crippen molar-refractivity contribution in [3.63, 3.8) is 0 Å². The van der Waals surface area contributed by atoms with Crippen LogP contribution in [-0.4, -0.2) is 55.7 Å². The molecule has 0 radical (unpaired) electrons. The number of hydrogen-bond donors (Lipinski definition) is 1. The number of anilines is 1. The van der Waals surface area contributed by atoms with Crippen molar-refractivity contribution in [1.29, 1.82) is 0 Å². The summed E-state index contributed by atoms with van der Waals surface area (Å²) in [4.78, 5) is 26.6. The summed E-state index contributed by atoms with van der Waals surface area (Å²) < 4.78 is 16.5. The van der Waals surface area contributed by atoms with Gasteiger partial charge in [-0.3, -0.25) is 9.59 Å². The van der Waals surface area contributed by atoms with E-state index in [0.29, 0.717) is 49.1 Å². The molecule has 2 aromatic carbocycles. The molecule has 1 saturated heterocycles. The lowest BCUT2D eigenvalue weighted by Gasteiger charge is -2.27. The molecule has 0 aromatic heterocycles. The molecule has 2 aliphatic rings. The molecule has 0 bridgehead atoms. The smallest absolute Gasteiger partial charge is 0.269 e. The SMILES string of the molecule is O=C(Nc1ccc(C(=O)N2CCOCC2)cc1)C1COc2ccccc2O1. The molecule has 1 atom stereocenters. The highest BCUT2D eigenvalue weighted by Crippen LogP contribution is 2.31. The second kappa shape index (κ2) is 7.67. The van der Waals surface area contributed by atoms with Crippen LogP contribution in [0.3, 0.4) is 0 Å². The number of para-hydroxylation sites is 2. The van der Waals surface area contributed by atoms with Crippen LogP contribution in [0.1, 0.15) is 10.4 Å². The van der Waals surface area contributed by atoms with Gasteiger partial charge in [-0.2, -0.15) is 0 Å². The Morgan fingerprint density at radius 3 is 2.41 bits per heavy atom. The van der Waals surface area contributed by atoms with Gasteiger partial charge in [0.15, 0.2) is 11.5 Å². The van der Waals surface area contributed by atoms with Crippen molar-refractivity contribution in [2.24, 2.45) is 0 Å². The van der Waals surface area contributed by atoms with Crippen LogP contribution in [0.25, 0.3) is 0 Å². The quantitative estimate of drug-likeness (QED) is 0.896. The molecule has 2 aliphatic heterocycles. The minimum atomic E-state index is -0.727. The molecule has 1 fully saturated rings. The largest absolute Gasteiger partial charge is 0.485 e. The lowest BCUT2D eigenvalue weighted by Crippen LogP contribution is -2.40. The number of nitrogens with zero attached hydrogens (tertiary/aromatic N) is 1. The van der Waals surface area contributed by atoms with E-state index in [1.807, 2.05) is 12.1 Å². The molecule has 0 aliphatic carbocycles. The number of amides is 2. The van der Waals surface area contributed by atoms with Crippen molar-refractivity contribution in [3.05, 3.63) is 54.1 Å². The van der Waals surface area contributed by atoms with Crippen molar-refractivity contribution < 1.29 is 23.8 Å². The number of carbonyl (C=O) groups is 2. The molecule has 0 saturated carbocycles. The highest BCUT2D eigenvalue weighted by Gasteiger charge is 2.27. The first-order valence-electron chi connectivity index (χ1n) is 8.87. The van der Waals surface area contributed by atoms with E-state index in [-0.39, 0.29) is 18.4 Å². The second-order valence-corrected chi connectivity index (χ2v) is 6.34. The molecule has 2 amide bonds. The fraction of sp³-hybridized carbons (Fsp3) is 0.300. The summed E-state index contributed by atoms with van der Waals surface area (Å²) in [5, 5.41) is 2.80. The average Bonchev–Trinajstić information content (AvgIpc) is 2.74. The number of fused-ring (bicyclic) bond motifs is 1. The fourth-order valence-corrected chi connectivity index (χ4v) is 3.02. The summed E-state index contributed by atoms with van der Waals surface area (Å²) in [7, 11) is 0. The van der Waals surface area contributed by atoms with Gasteiger partial charge in [-0.15, -0.1) is 0 Å². The normalized spacial score (nSPS) is 18.7. The maximum atomic E-state index is 12.4. The minimum Gasteiger partial charge on any atom is -0.485 e. The highest BCUT2D eigenvalue weighted by molar-refractivity contribution is 5.97. The number of morpholine rings is 1. The van der Waals surface area contributed by atoms with Crippen molar-refractivity contribution in [1.82, 2.24) is 4.90 Å². The van der Waals surface area contributed by atoms with Crippen LogP contribution in [0.2, 0.25) is 0 Å². The number of ether oxygens (including phenoxy) is 3. The van der Waals surface area contributed by atoms with Gasteiger partial charge in [0.1, 0.15) is 6.61 Å². The van der Waals surface area contributed by atoms with Crippen molar-refractivity contribution in [2.75, 3.05) is 38.2 Å². The van der Waals surface area contributed by atoms with Crippen molar-refractivity contribution in [2.45, 2.75) is 6.10 Å². The van der Waals surface area contributed by atoms with Crippen LogP contribution in [0, 0.1) is 0 Å².